The molecule has 19 heavy (non-hydrogen) atoms. The maximum absolute atomic E-state index is 9.46. The minimum Gasteiger partial charge on any atom is -0.411 e. The summed E-state index contributed by atoms with van der Waals surface area (Å²) in [6, 6.07) is 0. The number of azide groups is 1. The van der Waals surface area contributed by atoms with Gasteiger partial charge in [0.05, 0.1) is 18.8 Å². The van der Waals surface area contributed by atoms with Gasteiger partial charge in [0, 0.05) is 11.3 Å². The van der Waals surface area contributed by atoms with Crippen LogP contribution in [-0.2, 0) is 9.16 Å². The van der Waals surface area contributed by atoms with E-state index in [4.69, 9.17) is 14.7 Å². The molecule has 1 N–H and O–H groups in total. The van der Waals surface area contributed by atoms with Crippen LogP contribution in [0, 0.1) is 0 Å². The number of aliphatic hydroxyl groups excluding tert-OH is 1. The Morgan fingerprint density at radius 1 is 1.47 bits per heavy atom. The Hall–Kier alpha value is -0.593. The van der Waals surface area contributed by atoms with Crippen molar-refractivity contribution in [2.45, 2.75) is 70.2 Å². The van der Waals surface area contributed by atoms with E-state index < -0.39 is 14.6 Å². The van der Waals surface area contributed by atoms with Gasteiger partial charge in [-0.05, 0) is 30.1 Å². The van der Waals surface area contributed by atoms with Crippen LogP contribution in [0.15, 0.2) is 5.11 Å². The van der Waals surface area contributed by atoms with Gasteiger partial charge in [-0.25, -0.2) is 0 Å². The molecular weight excluding hydrogens is 262 g/mol. The molecule has 0 amide bonds. The highest BCUT2D eigenvalue weighted by atomic mass is 28.4. The van der Waals surface area contributed by atoms with Gasteiger partial charge in [0.1, 0.15) is 0 Å². The van der Waals surface area contributed by atoms with Crippen LogP contribution in [-0.4, -0.2) is 38.5 Å². The van der Waals surface area contributed by atoms with E-state index in [1.807, 2.05) is 0 Å². The molecular formula is C12H25N3O3Si. The Bertz CT molecular complexity index is 351. The molecule has 0 aromatic heterocycles. The Balaban J connectivity index is 2.77. The minimum absolute atomic E-state index is 0.0822. The van der Waals surface area contributed by atoms with Crippen molar-refractivity contribution in [2.24, 2.45) is 5.11 Å². The largest absolute Gasteiger partial charge is 0.411 e. The van der Waals surface area contributed by atoms with E-state index in [1.165, 1.54) is 0 Å². The van der Waals surface area contributed by atoms with E-state index in [9.17, 15) is 5.11 Å². The van der Waals surface area contributed by atoms with Crippen LogP contribution in [0.25, 0.3) is 10.4 Å². The van der Waals surface area contributed by atoms with Gasteiger partial charge < -0.3 is 14.3 Å². The summed E-state index contributed by atoms with van der Waals surface area (Å²) in [5, 5.41) is 13.2. The molecule has 0 radical (unpaired) electrons. The van der Waals surface area contributed by atoms with Crippen LogP contribution < -0.4 is 0 Å². The molecule has 7 heteroatoms. The van der Waals surface area contributed by atoms with Gasteiger partial charge in [0.2, 0.25) is 0 Å². The van der Waals surface area contributed by atoms with Gasteiger partial charge >= 0.3 is 0 Å². The molecule has 6 nitrogen and oxygen atoms in total. The smallest absolute Gasteiger partial charge is 0.192 e. The lowest BCUT2D eigenvalue weighted by atomic mass is 10.1. The van der Waals surface area contributed by atoms with Gasteiger partial charge in [0.15, 0.2) is 14.6 Å². The van der Waals surface area contributed by atoms with Crippen molar-refractivity contribution >= 4 is 8.32 Å². The molecule has 110 valence electrons. The lowest BCUT2D eigenvalue weighted by Gasteiger charge is -2.40. The molecule has 0 aromatic rings. The summed E-state index contributed by atoms with van der Waals surface area (Å²) < 4.78 is 11.7. The molecule has 1 rings (SSSR count). The van der Waals surface area contributed by atoms with Crippen LogP contribution in [0.5, 0.6) is 0 Å². The Morgan fingerprint density at radius 3 is 2.53 bits per heavy atom. The predicted molar refractivity (Wildman–Crippen MR) is 76.2 cm³/mol. The quantitative estimate of drug-likeness (QED) is 0.364. The summed E-state index contributed by atoms with van der Waals surface area (Å²) in [6.45, 7) is 11.0. The van der Waals surface area contributed by atoms with Crippen molar-refractivity contribution in [3.63, 3.8) is 0 Å². The van der Waals surface area contributed by atoms with Gasteiger partial charge in [-0.15, -0.1) is 0 Å². The van der Waals surface area contributed by atoms with E-state index in [1.54, 1.807) is 0 Å². The van der Waals surface area contributed by atoms with Crippen LogP contribution in [0.2, 0.25) is 18.1 Å². The second-order valence-corrected chi connectivity index (χ2v) is 11.3. The maximum Gasteiger partial charge on any atom is 0.192 e. The average molecular weight is 287 g/mol. The van der Waals surface area contributed by atoms with Crippen molar-refractivity contribution < 1.29 is 14.3 Å². The van der Waals surface area contributed by atoms with Crippen LogP contribution >= 0.6 is 0 Å². The van der Waals surface area contributed by atoms with Crippen molar-refractivity contribution in [2.75, 3.05) is 6.54 Å². The predicted octanol–water partition coefficient (Wildman–Crippen LogP) is 3.18. The third-order valence-corrected chi connectivity index (χ3v) is 8.53. The fourth-order valence-corrected chi connectivity index (χ4v) is 3.16. The van der Waals surface area contributed by atoms with Gasteiger partial charge in [0.25, 0.3) is 0 Å². The second kappa shape index (κ2) is 6.24. The molecule has 1 fully saturated rings. The van der Waals surface area contributed by atoms with E-state index >= 15 is 0 Å². The average Bonchev–Trinajstić information content (AvgIpc) is 2.69. The van der Waals surface area contributed by atoms with Gasteiger partial charge in [-0.2, -0.15) is 0 Å². The number of rotatable bonds is 5. The molecule has 0 aromatic carbocycles. The number of aliphatic hydroxyl groups is 1. The molecule has 0 spiro atoms. The Kier molecular flexibility index (Phi) is 5.40. The summed E-state index contributed by atoms with van der Waals surface area (Å²) in [6.07, 6.45) is 0.171. The van der Waals surface area contributed by atoms with Crippen LogP contribution in [0.4, 0.5) is 0 Å². The molecule has 1 saturated heterocycles. The zero-order valence-corrected chi connectivity index (χ0v) is 13.5. The second-order valence-electron chi connectivity index (χ2n) is 6.54. The normalized spacial score (nSPS) is 26.0. The summed E-state index contributed by atoms with van der Waals surface area (Å²) in [7, 11) is -1.95. The molecule has 0 saturated carbocycles. The lowest BCUT2D eigenvalue weighted by Crippen LogP contribution is -2.48. The summed E-state index contributed by atoms with van der Waals surface area (Å²) in [5.41, 5.74) is 8.49. The number of hydrogen-bond acceptors (Lipinski definition) is 4. The van der Waals surface area contributed by atoms with Gasteiger partial charge in [-0.1, -0.05) is 25.9 Å². The van der Waals surface area contributed by atoms with Crippen LogP contribution in [0.1, 0.15) is 33.6 Å². The monoisotopic (exact) mass is 287 g/mol. The standard InChI is InChI=1S/C12H25N3O3Si/c1-12(2,3)19(4,5)18-10(8-14-15-13)9-6-7-11(16)17-9/h9-11,16H,6-8H2,1-5H3/t9-,10-,11?/m0/s1. The number of hydrogen-bond donors (Lipinski definition) is 1. The third-order valence-electron chi connectivity index (χ3n) is 4.02. The Morgan fingerprint density at radius 2 is 2.11 bits per heavy atom. The van der Waals surface area contributed by atoms with Crippen molar-refractivity contribution in [1.82, 2.24) is 0 Å². The highest BCUT2D eigenvalue weighted by molar-refractivity contribution is 6.74. The SMILES string of the molecule is CC(C)(C)[Si](C)(C)O[C@@H](CN=[N+]=[N-])[C@@H]1CCC(O)O1. The first-order valence-electron chi connectivity index (χ1n) is 6.69. The summed E-state index contributed by atoms with van der Waals surface area (Å²) in [5.74, 6) is 0. The van der Waals surface area contributed by atoms with E-state index in [0.717, 1.165) is 6.42 Å². The molecule has 3 atom stereocenters. The fraction of sp³-hybridized carbons (Fsp3) is 1.00. The number of ether oxygens (including phenoxy) is 1. The molecule has 0 bridgehead atoms. The van der Waals surface area contributed by atoms with E-state index in [0.29, 0.717) is 6.42 Å². The van der Waals surface area contributed by atoms with Crippen LogP contribution in [0.3, 0.4) is 0 Å². The maximum atomic E-state index is 9.46. The Labute approximate surface area is 115 Å². The highest BCUT2D eigenvalue weighted by Crippen LogP contribution is 2.38. The van der Waals surface area contributed by atoms with Crippen molar-refractivity contribution in [3.8, 4) is 0 Å². The molecule has 1 heterocycles. The molecule has 0 aliphatic carbocycles. The zero-order valence-electron chi connectivity index (χ0n) is 12.5. The van der Waals surface area contributed by atoms with Gasteiger partial charge in [-0.3, -0.25) is 0 Å². The zero-order chi connectivity index (χ0) is 14.7. The highest BCUT2D eigenvalue weighted by Gasteiger charge is 2.42. The molecule has 1 aliphatic heterocycles. The first kappa shape index (κ1) is 16.5. The fourth-order valence-electron chi connectivity index (χ4n) is 1.82. The first-order chi connectivity index (χ1) is 8.67. The first-order valence-corrected chi connectivity index (χ1v) is 9.60. The molecule has 1 aliphatic rings. The lowest BCUT2D eigenvalue weighted by molar-refractivity contribution is -0.116. The third kappa shape index (κ3) is 4.47. The summed E-state index contributed by atoms with van der Waals surface area (Å²) >= 11 is 0. The van der Waals surface area contributed by atoms with E-state index in [2.05, 4.69) is 43.9 Å². The number of nitrogens with zero attached hydrogens (tertiary/aromatic N) is 3. The minimum atomic E-state index is -1.95. The topological polar surface area (TPSA) is 87.5 Å². The molecule has 1 unspecified atom stereocenters. The van der Waals surface area contributed by atoms with Crippen molar-refractivity contribution in [3.05, 3.63) is 10.4 Å². The summed E-state index contributed by atoms with van der Waals surface area (Å²) in [4.78, 5) is 2.80. The van der Waals surface area contributed by atoms with Crippen molar-refractivity contribution in [1.29, 1.82) is 0 Å². The van der Waals surface area contributed by atoms with E-state index in [-0.39, 0.29) is 23.8 Å².